The minimum atomic E-state index is -4.59. The molecule has 1 unspecified atom stereocenters. The van der Waals surface area contributed by atoms with Crippen molar-refractivity contribution in [3.05, 3.63) is 0 Å². The second-order valence-corrected chi connectivity index (χ2v) is 3.37. The molecule has 0 spiro atoms. The lowest BCUT2D eigenvalue weighted by Gasteiger charge is -2.28. The summed E-state index contributed by atoms with van der Waals surface area (Å²) in [5.74, 6) is 0. The number of aliphatic hydroxyl groups excluding tert-OH is 2. The molecule has 6 heteroatoms. The molecule has 0 aliphatic rings. The molecule has 0 saturated carbocycles. The van der Waals surface area contributed by atoms with Crippen molar-refractivity contribution in [2.75, 3.05) is 19.7 Å². The second kappa shape index (κ2) is 5.53. The first kappa shape index (κ1) is 13.7. The summed E-state index contributed by atoms with van der Waals surface area (Å²) in [6.45, 7) is 2.83. The molecule has 0 aromatic carbocycles. The zero-order chi connectivity index (χ0) is 11.4. The van der Waals surface area contributed by atoms with Crippen LogP contribution in [0.5, 0.6) is 0 Å². The summed E-state index contributed by atoms with van der Waals surface area (Å²) in [5.41, 5.74) is 0. The molecule has 1 atom stereocenters. The molecule has 0 aromatic rings. The number of halogens is 3. The fourth-order valence-electron chi connectivity index (χ4n) is 1.01. The largest absolute Gasteiger partial charge is 0.415 e. The van der Waals surface area contributed by atoms with Gasteiger partial charge >= 0.3 is 6.18 Å². The van der Waals surface area contributed by atoms with Crippen LogP contribution in [0.3, 0.4) is 0 Å². The molecular formula is C8H16F3NO2. The first-order chi connectivity index (χ1) is 6.29. The monoisotopic (exact) mass is 215 g/mol. The molecule has 0 aliphatic heterocycles. The second-order valence-electron chi connectivity index (χ2n) is 3.37. The van der Waals surface area contributed by atoms with Crippen LogP contribution in [0.25, 0.3) is 0 Å². The summed E-state index contributed by atoms with van der Waals surface area (Å²) in [6, 6.07) is -0.140. The van der Waals surface area contributed by atoms with Crippen LogP contribution in [0, 0.1) is 0 Å². The molecule has 2 N–H and O–H groups in total. The molecule has 0 saturated heterocycles. The lowest BCUT2D eigenvalue weighted by atomic mass is 10.2. The number of alkyl halides is 3. The Morgan fingerprint density at radius 1 is 1.29 bits per heavy atom. The Kier molecular flexibility index (Phi) is 5.40. The van der Waals surface area contributed by atoms with Crippen LogP contribution in [0.15, 0.2) is 0 Å². The average molecular weight is 215 g/mol. The highest BCUT2D eigenvalue weighted by Gasteiger charge is 2.39. The van der Waals surface area contributed by atoms with Gasteiger partial charge in [0, 0.05) is 19.1 Å². The average Bonchev–Trinajstić information content (AvgIpc) is 2.01. The van der Waals surface area contributed by atoms with E-state index in [-0.39, 0.29) is 19.2 Å². The van der Waals surface area contributed by atoms with Crippen LogP contribution in [0.4, 0.5) is 13.2 Å². The van der Waals surface area contributed by atoms with Crippen LogP contribution < -0.4 is 0 Å². The Labute approximate surface area is 81.1 Å². The summed E-state index contributed by atoms with van der Waals surface area (Å²) in [5, 5.41) is 17.4. The van der Waals surface area contributed by atoms with Crippen molar-refractivity contribution < 1.29 is 23.4 Å². The van der Waals surface area contributed by atoms with Gasteiger partial charge in [0.2, 0.25) is 0 Å². The number of nitrogens with zero attached hydrogens (tertiary/aromatic N) is 1. The van der Waals surface area contributed by atoms with Crippen molar-refractivity contribution in [1.29, 1.82) is 0 Å². The maximum Gasteiger partial charge on any atom is 0.415 e. The summed E-state index contributed by atoms with van der Waals surface area (Å²) in [4.78, 5) is 1.37. The van der Waals surface area contributed by atoms with Crippen LogP contribution in [0.1, 0.15) is 13.8 Å². The Morgan fingerprint density at radius 2 is 1.79 bits per heavy atom. The third-order valence-corrected chi connectivity index (χ3v) is 1.90. The quantitative estimate of drug-likeness (QED) is 0.706. The highest BCUT2D eigenvalue weighted by Crippen LogP contribution is 2.21. The van der Waals surface area contributed by atoms with E-state index in [1.165, 1.54) is 4.90 Å². The van der Waals surface area contributed by atoms with E-state index in [9.17, 15) is 13.2 Å². The summed E-state index contributed by atoms with van der Waals surface area (Å²) in [7, 11) is 0. The van der Waals surface area contributed by atoms with E-state index < -0.39 is 18.8 Å². The fourth-order valence-corrected chi connectivity index (χ4v) is 1.01. The summed E-state index contributed by atoms with van der Waals surface area (Å²) < 4.78 is 35.9. The van der Waals surface area contributed by atoms with E-state index >= 15 is 0 Å². The predicted octanol–water partition coefficient (Wildman–Crippen LogP) is 0.612. The van der Waals surface area contributed by atoms with Crippen molar-refractivity contribution in [1.82, 2.24) is 4.90 Å². The van der Waals surface area contributed by atoms with Gasteiger partial charge in [-0.2, -0.15) is 13.2 Å². The molecule has 3 nitrogen and oxygen atoms in total. The highest BCUT2D eigenvalue weighted by molar-refractivity contribution is 4.73. The van der Waals surface area contributed by atoms with Gasteiger partial charge in [0.15, 0.2) is 6.10 Å². The SMILES string of the molecule is CC(C)N(CCO)CC(O)C(F)(F)F. The lowest BCUT2D eigenvalue weighted by molar-refractivity contribution is -0.209. The van der Waals surface area contributed by atoms with E-state index in [1.54, 1.807) is 13.8 Å². The molecule has 0 aromatic heterocycles. The van der Waals surface area contributed by atoms with Gasteiger partial charge in [-0.25, -0.2) is 0 Å². The van der Waals surface area contributed by atoms with E-state index in [4.69, 9.17) is 10.2 Å². The number of hydrogen-bond acceptors (Lipinski definition) is 3. The van der Waals surface area contributed by atoms with Gasteiger partial charge in [-0.05, 0) is 13.8 Å². The third-order valence-electron chi connectivity index (χ3n) is 1.90. The zero-order valence-electron chi connectivity index (χ0n) is 8.25. The smallest absolute Gasteiger partial charge is 0.395 e. The molecule has 0 bridgehead atoms. The van der Waals surface area contributed by atoms with E-state index in [0.29, 0.717) is 0 Å². The van der Waals surface area contributed by atoms with Gasteiger partial charge in [0.05, 0.1) is 6.61 Å². The summed E-state index contributed by atoms with van der Waals surface area (Å²) in [6.07, 6.45) is -6.95. The fraction of sp³-hybridized carbons (Fsp3) is 1.00. The Hall–Kier alpha value is -0.330. The van der Waals surface area contributed by atoms with Crippen LogP contribution in [-0.4, -0.2) is 53.1 Å². The van der Waals surface area contributed by atoms with Crippen molar-refractivity contribution in [2.24, 2.45) is 0 Å². The summed E-state index contributed by atoms with van der Waals surface area (Å²) >= 11 is 0. The molecular weight excluding hydrogens is 199 g/mol. The molecule has 0 amide bonds. The Balaban J connectivity index is 4.16. The molecule has 0 radical (unpaired) electrons. The van der Waals surface area contributed by atoms with Crippen molar-refractivity contribution >= 4 is 0 Å². The normalized spacial score (nSPS) is 15.2. The minimum Gasteiger partial charge on any atom is -0.395 e. The first-order valence-electron chi connectivity index (χ1n) is 4.38. The van der Waals surface area contributed by atoms with Gasteiger partial charge in [-0.1, -0.05) is 0 Å². The molecule has 0 aliphatic carbocycles. The van der Waals surface area contributed by atoms with Gasteiger partial charge in [-0.15, -0.1) is 0 Å². The predicted molar refractivity (Wildman–Crippen MR) is 45.9 cm³/mol. The third kappa shape index (κ3) is 4.78. The maximum absolute atomic E-state index is 12.0. The van der Waals surface area contributed by atoms with Crippen LogP contribution in [-0.2, 0) is 0 Å². The van der Waals surface area contributed by atoms with E-state index in [2.05, 4.69) is 0 Å². The van der Waals surface area contributed by atoms with E-state index in [1.807, 2.05) is 0 Å². The zero-order valence-corrected chi connectivity index (χ0v) is 8.25. The molecule has 0 heterocycles. The van der Waals surface area contributed by atoms with Gasteiger partial charge < -0.3 is 10.2 Å². The standard InChI is InChI=1S/C8H16F3NO2/c1-6(2)12(3-4-13)5-7(14)8(9,10)11/h6-7,13-14H,3-5H2,1-2H3. The van der Waals surface area contributed by atoms with Gasteiger partial charge in [0.25, 0.3) is 0 Å². The number of hydrogen-bond donors (Lipinski definition) is 2. The first-order valence-corrected chi connectivity index (χ1v) is 4.38. The molecule has 14 heavy (non-hydrogen) atoms. The van der Waals surface area contributed by atoms with Crippen molar-refractivity contribution in [3.63, 3.8) is 0 Å². The molecule has 86 valence electrons. The molecule has 0 fully saturated rings. The van der Waals surface area contributed by atoms with Crippen molar-refractivity contribution in [3.8, 4) is 0 Å². The highest BCUT2D eigenvalue weighted by atomic mass is 19.4. The number of aliphatic hydroxyl groups is 2. The molecule has 0 rings (SSSR count). The maximum atomic E-state index is 12.0. The van der Waals surface area contributed by atoms with E-state index in [0.717, 1.165) is 0 Å². The van der Waals surface area contributed by atoms with Gasteiger partial charge in [-0.3, -0.25) is 4.90 Å². The number of rotatable bonds is 5. The van der Waals surface area contributed by atoms with Crippen LogP contribution >= 0.6 is 0 Å². The van der Waals surface area contributed by atoms with Gasteiger partial charge in [0.1, 0.15) is 0 Å². The van der Waals surface area contributed by atoms with Crippen molar-refractivity contribution in [2.45, 2.75) is 32.2 Å². The Bertz CT molecular complexity index is 161. The Morgan fingerprint density at radius 3 is 2.07 bits per heavy atom. The lowest BCUT2D eigenvalue weighted by Crippen LogP contribution is -2.44. The minimum absolute atomic E-state index is 0.130. The topological polar surface area (TPSA) is 43.7 Å². The van der Waals surface area contributed by atoms with Crippen LogP contribution in [0.2, 0.25) is 0 Å².